The first-order valence-corrected chi connectivity index (χ1v) is 4.29. The van der Waals surface area contributed by atoms with Gasteiger partial charge >= 0.3 is 0 Å². The van der Waals surface area contributed by atoms with Crippen LogP contribution in [-0.2, 0) is 0 Å². The van der Waals surface area contributed by atoms with Gasteiger partial charge in [0.1, 0.15) is 0 Å². The summed E-state index contributed by atoms with van der Waals surface area (Å²) in [5.74, 6) is 3.94. The molecule has 0 amide bonds. The molecule has 5 unspecified atom stereocenters. The third-order valence-corrected chi connectivity index (χ3v) is 3.69. The predicted molar refractivity (Wildman–Crippen MR) is 40.6 cm³/mol. The summed E-state index contributed by atoms with van der Waals surface area (Å²) in [6.07, 6.45) is 4.79. The third kappa shape index (κ3) is 0.392. The van der Waals surface area contributed by atoms with Crippen molar-refractivity contribution in [2.45, 2.75) is 13.0 Å². The lowest BCUT2D eigenvalue weighted by Gasteiger charge is -2.52. The zero-order valence-electron chi connectivity index (χ0n) is 6.25. The highest BCUT2D eigenvalue weighted by Crippen LogP contribution is 2.56. The molecule has 1 heteroatoms. The Morgan fingerprint density at radius 3 is 2.70 bits per heavy atom. The number of hydrogen-bond donors (Lipinski definition) is 1. The highest BCUT2D eigenvalue weighted by Gasteiger charge is 2.56. The van der Waals surface area contributed by atoms with Crippen LogP contribution >= 0.6 is 0 Å². The van der Waals surface area contributed by atoms with E-state index in [0.29, 0.717) is 0 Å². The van der Waals surface area contributed by atoms with E-state index in [0.717, 1.165) is 29.7 Å². The van der Waals surface area contributed by atoms with E-state index in [4.69, 9.17) is 0 Å². The zero-order chi connectivity index (χ0) is 6.72. The van der Waals surface area contributed by atoms with Gasteiger partial charge in [0.15, 0.2) is 0 Å². The van der Waals surface area contributed by atoms with Crippen LogP contribution in [0.2, 0.25) is 0 Å². The lowest BCUT2D eigenvalue weighted by molar-refractivity contribution is 0.0491. The van der Waals surface area contributed by atoms with Crippen LogP contribution in [0.5, 0.6) is 0 Å². The zero-order valence-corrected chi connectivity index (χ0v) is 6.25. The number of nitrogens with one attached hydrogen (secondary N) is 1. The maximum atomic E-state index is 3.54. The molecule has 1 saturated carbocycles. The van der Waals surface area contributed by atoms with Crippen molar-refractivity contribution < 1.29 is 0 Å². The molecule has 1 N–H and O–H groups in total. The van der Waals surface area contributed by atoms with Gasteiger partial charge in [-0.05, 0) is 37.1 Å². The second kappa shape index (κ2) is 1.48. The van der Waals surface area contributed by atoms with E-state index in [2.05, 4.69) is 24.4 Å². The molecule has 1 saturated heterocycles. The molecule has 1 aliphatic heterocycles. The van der Waals surface area contributed by atoms with Gasteiger partial charge in [0.25, 0.3) is 0 Å². The fourth-order valence-corrected chi connectivity index (χ4v) is 3.01. The number of allylic oxidation sites excluding steroid dienone is 2. The van der Waals surface area contributed by atoms with Gasteiger partial charge in [-0.2, -0.15) is 0 Å². The van der Waals surface area contributed by atoms with Crippen molar-refractivity contribution in [3.63, 3.8) is 0 Å². The van der Waals surface area contributed by atoms with E-state index in [1.165, 1.54) is 6.54 Å². The van der Waals surface area contributed by atoms with Crippen LogP contribution in [0.3, 0.4) is 0 Å². The van der Waals surface area contributed by atoms with Crippen molar-refractivity contribution >= 4 is 0 Å². The summed E-state index contributed by atoms with van der Waals surface area (Å²) in [6, 6.07) is 0.788. The van der Waals surface area contributed by atoms with E-state index in [1.807, 2.05) is 0 Å². The molecule has 10 heavy (non-hydrogen) atoms. The molecule has 0 bridgehead atoms. The fourth-order valence-electron chi connectivity index (χ4n) is 3.01. The smallest absolute Gasteiger partial charge is 0.00763 e. The van der Waals surface area contributed by atoms with Crippen molar-refractivity contribution in [1.29, 1.82) is 0 Å². The molecular formula is C9H13N. The number of hydrogen-bond acceptors (Lipinski definition) is 1. The van der Waals surface area contributed by atoms with Crippen LogP contribution in [0.4, 0.5) is 0 Å². The summed E-state index contributed by atoms with van der Waals surface area (Å²) in [6.45, 7) is 3.60. The molecule has 0 aromatic heterocycles. The van der Waals surface area contributed by atoms with Gasteiger partial charge < -0.3 is 5.32 Å². The predicted octanol–water partition coefficient (Wildman–Crippen LogP) is 1.03. The Balaban J connectivity index is 1.91. The summed E-state index contributed by atoms with van der Waals surface area (Å²) < 4.78 is 0. The molecule has 54 valence electrons. The van der Waals surface area contributed by atoms with Gasteiger partial charge in [0, 0.05) is 6.04 Å². The van der Waals surface area contributed by atoms with Crippen molar-refractivity contribution in [1.82, 2.24) is 5.32 Å². The molecule has 0 spiro atoms. The molecular weight excluding hydrogens is 122 g/mol. The third-order valence-electron chi connectivity index (χ3n) is 3.69. The second-order valence-electron chi connectivity index (χ2n) is 3.98. The van der Waals surface area contributed by atoms with Gasteiger partial charge in [-0.15, -0.1) is 0 Å². The Morgan fingerprint density at radius 2 is 2.10 bits per heavy atom. The molecule has 1 nitrogen and oxygen atoms in total. The molecule has 5 atom stereocenters. The summed E-state index contributed by atoms with van der Waals surface area (Å²) in [5, 5.41) is 3.54. The number of rotatable bonds is 0. The van der Waals surface area contributed by atoms with Crippen LogP contribution in [0.15, 0.2) is 12.2 Å². The van der Waals surface area contributed by atoms with E-state index >= 15 is 0 Å². The van der Waals surface area contributed by atoms with Gasteiger partial charge in [-0.25, -0.2) is 0 Å². The van der Waals surface area contributed by atoms with Crippen molar-refractivity contribution in [2.75, 3.05) is 6.54 Å². The van der Waals surface area contributed by atoms with Gasteiger partial charge in [0.2, 0.25) is 0 Å². The average Bonchev–Trinajstić information content (AvgIpc) is 2.14. The molecule has 3 rings (SSSR count). The van der Waals surface area contributed by atoms with Crippen LogP contribution in [0, 0.1) is 23.7 Å². The van der Waals surface area contributed by atoms with Crippen LogP contribution < -0.4 is 5.32 Å². The quantitative estimate of drug-likeness (QED) is 0.489. The molecule has 3 aliphatic rings. The Morgan fingerprint density at radius 1 is 1.30 bits per heavy atom. The SMILES string of the molecule is CC1NCC2C3C=CC3C12. The standard InChI is InChI=1S/C9H13N/c1-5-9-7-3-2-6(7)8(9)4-10-5/h2-3,5-10H,4H2,1H3. The van der Waals surface area contributed by atoms with Crippen LogP contribution in [-0.4, -0.2) is 12.6 Å². The van der Waals surface area contributed by atoms with Gasteiger partial charge in [-0.3, -0.25) is 0 Å². The van der Waals surface area contributed by atoms with Gasteiger partial charge in [0.05, 0.1) is 0 Å². The Hall–Kier alpha value is -0.300. The minimum Gasteiger partial charge on any atom is -0.314 e. The maximum Gasteiger partial charge on any atom is 0.00763 e. The first kappa shape index (κ1) is 5.36. The molecule has 0 aromatic carbocycles. The summed E-state index contributed by atoms with van der Waals surface area (Å²) in [5.41, 5.74) is 0. The second-order valence-corrected chi connectivity index (χ2v) is 3.98. The van der Waals surface area contributed by atoms with Crippen molar-refractivity contribution in [3.8, 4) is 0 Å². The minimum atomic E-state index is 0.788. The number of fused-ring (bicyclic) bond motifs is 4. The Kier molecular flexibility index (Phi) is 0.791. The summed E-state index contributed by atoms with van der Waals surface area (Å²) >= 11 is 0. The van der Waals surface area contributed by atoms with E-state index < -0.39 is 0 Å². The summed E-state index contributed by atoms with van der Waals surface area (Å²) in [7, 11) is 0. The Bertz CT molecular complexity index is 197. The average molecular weight is 135 g/mol. The van der Waals surface area contributed by atoms with Crippen LogP contribution in [0.25, 0.3) is 0 Å². The first-order valence-electron chi connectivity index (χ1n) is 4.29. The topological polar surface area (TPSA) is 12.0 Å². The van der Waals surface area contributed by atoms with E-state index in [-0.39, 0.29) is 0 Å². The van der Waals surface area contributed by atoms with Crippen LogP contribution in [0.1, 0.15) is 6.92 Å². The van der Waals surface area contributed by atoms with Crippen molar-refractivity contribution in [3.05, 3.63) is 12.2 Å². The minimum absolute atomic E-state index is 0.788. The van der Waals surface area contributed by atoms with Crippen molar-refractivity contribution in [2.24, 2.45) is 23.7 Å². The molecule has 2 fully saturated rings. The highest BCUT2D eigenvalue weighted by atomic mass is 15.0. The summed E-state index contributed by atoms with van der Waals surface area (Å²) in [4.78, 5) is 0. The molecule has 1 heterocycles. The molecule has 0 aromatic rings. The normalized spacial score (nSPS) is 62.3. The maximum absolute atomic E-state index is 3.54. The first-order chi connectivity index (χ1) is 4.88. The lowest BCUT2D eigenvalue weighted by atomic mass is 9.51. The monoisotopic (exact) mass is 135 g/mol. The fraction of sp³-hybridized carbons (Fsp3) is 0.778. The largest absolute Gasteiger partial charge is 0.314 e. The van der Waals surface area contributed by atoms with Gasteiger partial charge in [-0.1, -0.05) is 12.2 Å². The van der Waals surface area contributed by atoms with E-state index in [1.54, 1.807) is 0 Å². The Labute approximate surface area is 61.5 Å². The molecule has 2 aliphatic carbocycles. The lowest BCUT2D eigenvalue weighted by Crippen LogP contribution is -2.50. The highest BCUT2D eigenvalue weighted by molar-refractivity contribution is 5.25. The molecule has 0 radical (unpaired) electrons. The van der Waals surface area contributed by atoms with E-state index in [9.17, 15) is 0 Å².